The van der Waals surface area contributed by atoms with E-state index in [1.54, 1.807) is 18.3 Å². The Kier molecular flexibility index (Phi) is 6.24. The van der Waals surface area contributed by atoms with E-state index < -0.39 is 10.0 Å². The number of imidazole rings is 1. The van der Waals surface area contributed by atoms with Crippen molar-refractivity contribution >= 4 is 54.6 Å². The minimum atomic E-state index is -3.25. The van der Waals surface area contributed by atoms with Gasteiger partial charge >= 0.3 is 0 Å². The first kappa shape index (κ1) is 20.2. The van der Waals surface area contributed by atoms with Gasteiger partial charge < -0.3 is 10.3 Å². The summed E-state index contributed by atoms with van der Waals surface area (Å²) in [6.45, 7) is 0.545. The lowest BCUT2D eigenvalue weighted by Gasteiger charge is -2.06. The maximum absolute atomic E-state index is 11.1. The van der Waals surface area contributed by atoms with Gasteiger partial charge in [0.05, 0.1) is 17.5 Å². The summed E-state index contributed by atoms with van der Waals surface area (Å²) in [5.41, 5.74) is 4.32. The van der Waals surface area contributed by atoms with Crippen molar-refractivity contribution in [3.63, 3.8) is 0 Å². The molecule has 0 spiro atoms. The van der Waals surface area contributed by atoms with Crippen LogP contribution in [0.2, 0.25) is 0 Å². The van der Waals surface area contributed by atoms with Gasteiger partial charge in [0.15, 0.2) is 11.5 Å². The highest BCUT2D eigenvalue weighted by molar-refractivity contribution is 9.10. The molecule has 2 aromatic heterocycles. The van der Waals surface area contributed by atoms with Gasteiger partial charge in [-0.05, 0) is 24.3 Å². The van der Waals surface area contributed by atoms with Gasteiger partial charge in [-0.15, -0.1) is 0 Å². The molecular formula is C16H18BrN7O3S. The third kappa shape index (κ3) is 5.25. The number of aromatic nitrogens is 3. The highest BCUT2D eigenvalue weighted by Gasteiger charge is 2.13. The van der Waals surface area contributed by atoms with Crippen LogP contribution in [0.4, 0.5) is 11.6 Å². The molecular weight excluding hydrogens is 450 g/mol. The molecule has 2 heterocycles. The molecule has 0 radical (unpaired) electrons. The zero-order chi connectivity index (χ0) is 20.1. The summed E-state index contributed by atoms with van der Waals surface area (Å²) in [7, 11) is -3.25. The fraction of sp³-hybridized carbons (Fsp3) is 0.188. The standard InChI is InChI=1S/C16H18BrN7O3S/c1-28(26,27)20-8-7-19-16-22-13-12(5-6-18-15(13)23-16)14(24-25)21-11-4-2-3-10(17)9-11/h2-6,9,20,25H,7-8H2,1H3,(H,21,24)(H2,18,19,22,23). The minimum absolute atomic E-state index is 0.212. The minimum Gasteiger partial charge on any atom is -0.354 e. The molecule has 5 N–H and O–H groups in total. The second kappa shape index (κ2) is 8.65. The molecule has 0 fully saturated rings. The predicted octanol–water partition coefficient (Wildman–Crippen LogP) is 1.74. The number of halogens is 1. The van der Waals surface area contributed by atoms with Gasteiger partial charge in [-0.25, -0.2) is 23.1 Å². The molecule has 0 amide bonds. The molecule has 0 atom stereocenters. The molecule has 12 heteroatoms. The highest BCUT2D eigenvalue weighted by Crippen LogP contribution is 2.21. The van der Waals surface area contributed by atoms with Gasteiger partial charge in [0.1, 0.15) is 0 Å². The molecule has 3 rings (SSSR count). The van der Waals surface area contributed by atoms with Crippen LogP contribution in [0.5, 0.6) is 0 Å². The van der Waals surface area contributed by atoms with E-state index in [4.69, 9.17) is 0 Å². The number of hydrogen-bond donors (Lipinski definition) is 5. The van der Waals surface area contributed by atoms with E-state index in [1.165, 1.54) is 0 Å². The van der Waals surface area contributed by atoms with Crippen molar-refractivity contribution in [1.82, 2.24) is 25.2 Å². The molecule has 0 aliphatic carbocycles. The Hall–Kier alpha value is -2.54. The topological polar surface area (TPSA) is 144 Å². The van der Waals surface area contributed by atoms with Crippen LogP contribution < -0.4 is 15.5 Å². The summed E-state index contributed by atoms with van der Waals surface area (Å²) in [4.78, 5) is 16.0. The number of fused-ring (bicyclic) bond motifs is 1. The number of sulfonamides is 1. The zero-order valence-electron chi connectivity index (χ0n) is 14.8. The quantitative estimate of drug-likeness (QED) is 0.154. The second-order valence-corrected chi connectivity index (χ2v) is 8.54. The molecule has 0 saturated heterocycles. The summed E-state index contributed by atoms with van der Waals surface area (Å²) in [6.07, 6.45) is 2.65. The molecule has 3 aromatic rings. The molecule has 0 aliphatic rings. The number of benzene rings is 1. The van der Waals surface area contributed by atoms with Crippen LogP contribution in [-0.2, 0) is 10.0 Å². The van der Waals surface area contributed by atoms with E-state index in [0.29, 0.717) is 34.9 Å². The van der Waals surface area contributed by atoms with Gasteiger partial charge in [-0.1, -0.05) is 22.0 Å². The number of nitrogens with one attached hydrogen (secondary N) is 4. The summed E-state index contributed by atoms with van der Waals surface area (Å²) < 4.78 is 25.4. The van der Waals surface area contributed by atoms with Gasteiger partial charge in [-0.3, -0.25) is 10.7 Å². The predicted molar refractivity (Wildman–Crippen MR) is 110 cm³/mol. The fourth-order valence-corrected chi connectivity index (χ4v) is 3.29. The lowest BCUT2D eigenvalue weighted by atomic mass is 10.2. The van der Waals surface area contributed by atoms with E-state index in [9.17, 15) is 13.6 Å². The fourth-order valence-electron chi connectivity index (χ4n) is 2.43. The maximum atomic E-state index is 11.1. The van der Waals surface area contributed by atoms with Crippen molar-refractivity contribution in [2.24, 2.45) is 4.99 Å². The summed E-state index contributed by atoms with van der Waals surface area (Å²) in [5, 5.41) is 12.6. The zero-order valence-corrected chi connectivity index (χ0v) is 17.2. The first-order chi connectivity index (χ1) is 13.4. The van der Waals surface area contributed by atoms with Crippen molar-refractivity contribution in [3.8, 4) is 0 Å². The van der Waals surface area contributed by atoms with Crippen LogP contribution >= 0.6 is 15.9 Å². The number of pyridine rings is 1. The van der Waals surface area contributed by atoms with E-state index >= 15 is 0 Å². The van der Waals surface area contributed by atoms with Gasteiger partial charge in [0, 0.05) is 29.3 Å². The van der Waals surface area contributed by atoms with E-state index in [2.05, 4.69) is 51.4 Å². The molecule has 0 unspecified atom stereocenters. The van der Waals surface area contributed by atoms with Crippen molar-refractivity contribution < 1.29 is 13.6 Å². The average molecular weight is 468 g/mol. The number of anilines is 1. The number of H-pyrrole nitrogens is 1. The number of nitrogens with zero attached hydrogens (tertiary/aromatic N) is 3. The molecule has 148 valence electrons. The van der Waals surface area contributed by atoms with Gasteiger partial charge in [0.25, 0.3) is 0 Å². The lowest BCUT2D eigenvalue weighted by Crippen LogP contribution is -2.27. The Morgan fingerprint density at radius 3 is 2.86 bits per heavy atom. The van der Waals surface area contributed by atoms with E-state index in [0.717, 1.165) is 10.7 Å². The molecule has 1 aromatic carbocycles. The first-order valence-corrected chi connectivity index (χ1v) is 10.8. The smallest absolute Gasteiger partial charge is 0.208 e. The first-order valence-electron chi connectivity index (χ1n) is 8.14. The highest BCUT2D eigenvalue weighted by atomic mass is 79.9. The monoisotopic (exact) mass is 467 g/mol. The van der Waals surface area contributed by atoms with Crippen LogP contribution in [0.25, 0.3) is 11.2 Å². The van der Waals surface area contributed by atoms with Crippen molar-refractivity contribution in [2.75, 3.05) is 24.7 Å². The SMILES string of the molecule is CS(=O)(=O)NCCNc1nc2nccc(C(=Nc3cccc(Br)c3)NO)c2[nH]1. The van der Waals surface area contributed by atoms with Crippen LogP contribution in [0.3, 0.4) is 0 Å². The number of hydroxylamine groups is 1. The van der Waals surface area contributed by atoms with E-state index in [1.807, 2.05) is 18.2 Å². The van der Waals surface area contributed by atoms with E-state index in [-0.39, 0.29) is 12.4 Å². The number of rotatable bonds is 7. The molecule has 10 nitrogen and oxygen atoms in total. The van der Waals surface area contributed by atoms with Crippen molar-refractivity contribution in [3.05, 3.63) is 46.6 Å². The lowest BCUT2D eigenvalue weighted by molar-refractivity contribution is 0.235. The maximum Gasteiger partial charge on any atom is 0.208 e. The van der Waals surface area contributed by atoms with Crippen molar-refractivity contribution in [1.29, 1.82) is 0 Å². The van der Waals surface area contributed by atoms with Crippen LogP contribution in [0.1, 0.15) is 5.56 Å². The molecule has 0 aliphatic heterocycles. The van der Waals surface area contributed by atoms with Gasteiger partial charge in [-0.2, -0.15) is 4.98 Å². The molecule has 0 saturated carbocycles. The molecule has 0 bridgehead atoms. The number of aliphatic imine (C=N–C) groups is 1. The third-order valence-electron chi connectivity index (χ3n) is 3.58. The Bertz CT molecular complexity index is 1110. The Morgan fingerprint density at radius 2 is 2.14 bits per heavy atom. The Morgan fingerprint density at radius 1 is 1.32 bits per heavy atom. The van der Waals surface area contributed by atoms with Gasteiger partial charge in [0.2, 0.25) is 16.0 Å². The average Bonchev–Trinajstić information content (AvgIpc) is 3.06. The second-order valence-electron chi connectivity index (χ2n) is 5.79. The number of hydrogen-bond acceptors (Lipinski definition) is 7. The van der Waals surface area contributed by atoms with Crippen LogP contribution in [0, 0.1) is 0 Å². The normalized spacial score (nSPS) is 12.3. The van der Waals surface area contributed by atoms with Crippen molar-refractivity contribution in [2.45, 2.75) is 0 Å². The number of amidine groups is 1. The van der Waals surface area contributed by atoms with Crippen LogP contribution in [0.15, 0.2) is 46.0 Å². The third-order valence-corrected chi connectivity index (χ3v) is 4.81. The Labute approximate surface area is 169 Å². The number of aromatic amines is 1. The summed E-state index contributed by atoms with van der Waals surface area (Å²) >= 11 is 3.39. The Balaban J connectivity index is 1.86. The summed E-state index contributed by atoms with van der Waals surface area (Å²) in [5.74, 6) is 0.643. The van der Waals surface area contributed by atoms with Crippen LogP contribution in [-0.4, -0.2) is 53.8 Å². The molecule has 28 heavy (non-hydrogen) atoms. The largest absolute Gasteiger partial charge is 0.354 e. The summed E-state index contributed by atoms with van der Waals surface area (Å²) in [6, 6.07) is 9.01.